The Kier molecular flexibility index (Phi) is 8.64. The first-order valence-electron chi connectivity index (χ1n) is 7.17. The summed E-state index contributed by atoms with van der Waals surface area (Å²) < 4.78 is 5.06. The first-order chi connectivity index (χ1) is 10.2. The minimum Gasteiger partial charge on any atom is -0.497 e. The van der Waals surface area contributed by atoms with Crippen LogP contribution in [-0.4, -0.2) is 31.5 Å². The maximum Gasteiger partial charge on any atom is 0.239 e. The number of carbonyl (C=O) groups excluding carboxylic acids is 2. The number of rotatable bonds is 6. The summed E-state index contributed by atoms with van der Waals surface area (Å²) in [5.41, 5.74) is 6.42. The van der Waals surface area contributed by atoms with Crippen molar-refractivity contribution in [1.29, 1.82) is 0 Å². The molecule has 0 unspecified atom stereocenters. The number of ether oxygens (including phenoxy) is 1. The monoisotopic (exact) mass is 343 g/mol. The van der Waals surface area contributed by atoms with Crippen LogP contribution < -0.4 is 21.1 Å². The summed E-state index contributed by atoms with van der Waals surface area (Å²) in [7, 11) is 1.60. The highest BCUT2D eigenvalue weighted by Crippen LogP contribution is 2.17. The first kappa shape index (κ1) is 21.2. The van der Waals surface area contributed by atoms with E-state index in [1.54, 1.807) is 7.11 Å². The Morgan fingerprint density at radius 2 is 1.74 bits per heavy atom. The Balaban J connectivity index is 0.00000484. The van der Waals surface area contributed by atoms with Gasteiger partial charge in [-0.05, 0) is 23.1 Å². The molecule has 0 saturated carbocycles. The Morgan fingerprint density at radius 1 is 1.17 bits per heavy atom. The van der Waals surface area contributed by atoms with Crippen LogP contribution in [0.1, 0.15) is 26.3 Å². The molecule has 6 nitrogen and oxygen atoms in total. The summed E-state index contributed by atoms with van der Waals surface area (Å²) in [6, 6.07) is 6.74. The number of nitrogens with two attached hydrogens (primary N) is 1. The van der Waals surface area contributed by atoms with Crippen LogP contribution in [0.25, 0.3) is 0 Å². The van der Waals surface area contributed by atoms with Gasteiger partial charge in [-0.1, -0.05) is 32.9 Å². The molecule has 23 heavy (non-hydrogen) atoms. The van der Waals surface area contributed by atoms with E-state index in [2.05, 4.69) is 10.6 Å². The third-order valence-electron chi connectivity index (χ3n) is 3.29. The van der Waals surface area contributed by atoms with E-state index < -0.39 is 6.04 Å². The predicted octanol–water partition coefficient (Wildman–Crippen LogP) is 1.22. The van der Waals surface area contributed by atoms with Crippen molar-refractivity contribution in [3.05, 3.63) is 29.8 Å². The molecule has 1 rings (SSSR count). The molecule has 0 saturated heterocycles. The molecule has 1 atom stereocenters. The van der Waals surface area contributed by atoms with E-state index in [1.807, 2.05) is 45.0 Å². The first-order valence-corrected chi connectivity index (χ1v) is 7.17. The Hall–Kier alpha value is -1.79. The summed E-state index contributed by atoms with van der Waals surface area (Å²) in [5, 5.41) is 5.28. The predicted molar refractivity (Wildman–Crippen MR) is 92.5 cm³/mol. The fourth-order valence-electron chi connectivity index (χ4n) is 1.68. The maximum absolute atomic E-state index is 11.8. The van der Waals surface area contributed by atoms with Gasteiger partial charge in [-0.2, -0.15) is 0 Å². The van der Waals surface area contributed by atoms with E-state index in [0.717, 1.165) is 11.3 Å². The molecule has 0 bridgehead atoms. The van der Waals surface area contributed by atoms with Crippen LogP contribution >= 0.6 is 12.4 Å². The molecule has 4 N–H and O–H groups in total. The average molecular weight is 344 g/mol. The van der Waals surface area contributed by atoms with Crippen molar-refractivity contribution in [2.75, 3.05) is 13.7 Å². The van der Waals surface area contributed by atoms with Gasteiger partial charge in [-0.15, -0.1) is 12.4 Å². The van der Waals surface area contributed by atoms with Crippen molar-refractivity contribution in [2.45, 2.75) is 33.4 Å². The number of methoxy groups -OCH3 is 1. The number of hydrogen-bond donors (Lipinski definition) is 3. The van der Waals surface area contributed by atoms with Gasteiger partial charge in [0.2, 0.25) is 11.8 Å². The molecule has 1 aromatic carbocycles. The molecule has 0 aromatic heterocycles. The van der Waals surface area contributed by atoms with Crippen LogP contribution in [-0.2, 0) is 16.1 Å². The van der Waals surface area contributed by atoms with Crippen LogP contribution in [0.5, 0.6) is 5.75 Å². The number of nitrogens with one attached hydrogen (secondary N) is 2. The lowest BCUT2D eigenvalue weighted by molar-refractivity contribution is -0.128. The Labute approximate surface area is 143 Å². The zero-order valence-corrected chi connectivity index (χ0v) is 14.8. The molecule has 0 aliphatic rings. The van der Waals surface area contributed by atoms with Crippen molar-refractivity contribution < 1.29 is 14.3 Å². The summed E-state index contributed by atoms with van der Waals surface area (Å²) in [6.07, 6.45) is 0. The number of halogens is 1. The van der Waals surface area contributed by atoms with E-state index in [-0.39, 0.29) is 36.2 Å². The molecule has 0 spiro atoms. The topological polar surface area (TPSA) is 93.5 Å². The third-order valence-corrected chi connectivity index (χ3v) is 3.29. The quantitative estimate of drug-likeness (QED) is 0.724. The summed E-state index contributed by atoms with van der Waals surface area (Å²) in [4.78, 5) is 23.5. The highest BCUT2D eigenvalue weighted by molar-refractivity contribution is 5.87. The minimum atomic E-state index is -0.651. The van der Waals surface area contributed by atoms with Gasteiger partial charge in [0.25, 0.3) is 0 Å². The highest BCUT2D eigenvalue weighted by Gasteiger charge is 2.27. The number of hydrogen-bond acceptors (Lipinski definition) is 4. The molecular formula is C16H26ClN3O3. The molecule has 1 aromatic rings. The normalized spacial score (nSPS) is 11.9. The number of benzene rings is 1. The lowest BCUT2D eigenvalue weighted by Gasteiger charge is -2.25. The van der Waals surface area contributed by atoms with Crippen LogP contribution in [0.15, 0.2) is 24.3 Å². The van der Waals surface area contributed by atoms with E-state index in [4.69, 9.17) is 10.5 Å². The second-order valence-electron chi connectivity index (χ2n) is 6.19. The Bertz CT molecular complexity index is 512. The van der Waals surface area contributed by atoms with Crippen molar-refractivity contribution in [1.82, 2.24) is 10.6 Å². The zero-order valence-electron chi connectivity index (χ0n) is 14.0. The van der Waals surface area contributed by atoms with Gasteiger partial charge in [-0.3, -0.25) is 9.59 Å². The van der Waals surface area contributed by atoms with Crippen LogP contribution in [0.2, 0.25) is 0 Å². The van der Waals surface area contributed by atoms with Gasteiger partial charge in [0, 0.05) is 6.54 Å². The average Bonchev–Trinajstić information content (AvgIpc) is 2.49. The summed E-state index contributed by atoms with van der Waals surface area (Å²) in [6.45, 7) is 5.94. The second-order valence-corrected chi connectivity index (χ2v) is 6.19. The van der Waals surface area contributed by atoms with E-state index in [1.165, 1.54) is 0 Å². The van der Waals surface area contributed by atoms with E-state index in [0.29, 0.717) is 6.54 Å². The molecule has 0 fully saturated rings. The number of amides is 2. The number of carbonyl (C=O) groups is 2. The van der Waals surface area contributed by atoms with Gasteiger partial charge >= 0.3 is 0 Å². The minimum absolute atomic E-state index is 0. The van der Waals surface area contributed by atoms with Crippen LogP contribution in [0, 0.1) is 5.41 Å². The van der Waals surface area contributed by atoms with Gasteiger partial charge in [0.1, 0.15) is 5.75 Å². The van der Waals surface area contributed by atoms with E-state index >= 15 is 0 Å². The lowest BCUT2D eigenvalue weighted by atomic mass is 9.87. The fraction of sp³-hybridized carbons (Fsp3) is 0.500. The van der Waals surface area contributed by atoms with Crippen LogP contribution in [0.4, 0.5) is 0 Å². The summed E-state index contributed by atoms with van der Waals surface area (Å²) in [5.74, 6) is 0.177. The largest absolute Gasteiger partial charge is 0.497 e. The standard InChI is InChI=1S/C16H25N3O3.ClH/c1-16(2,3)14(17)15(21)19-10-13(20)18-9-11-5-7-12(22-4)8-6-11;/h5-8,14H,9-10,17H2,1-4H3,(H,18,20)(H,19,21);1H/t14-;/m1./s1. The SMILES string of the molecule is COc1ccc(CNC(=O)CNC(=O)[C@@H](N)C(C)(C)C)cc1.Cl. The van der Waals surface area contributed by atoms with E-state index in [9.17, 15) is 9.59 Å². The molecule has 0 radical (unpaired) electrons. The third kappa shape index (κ3) is 7.34. The van der Waals surface area contributed by atoms with Crippen molar-refractivity contribution in [2.24, 2.45) is 11.1 Å². The molecule has 2 amide bonds. The second kappa shape index (κ2) is 9.37. The van der Waals surface area contributed by atoms with Crippen molar-refractivity contribution in [3.63, 3.8) is 0 Å². The zero-order chi connectivity index (χ0) is 16.8. The molecule has 130 valence electrons. The van der Waals surface area contributed by atoms with Crippen LogP contribution in [0.3, 0.4) is 0 Å². The van der Waals surface area contributed by atoms with Gasteiger partial charge in [0.05, 0.1) is 19.7 Å². The molecule has 0 aliphatic carbocycles. The molecule has 7 heteroatoms. The van der Waals surface area contributed by atoms with Crippen molar-refractivity contribution >= 4 is 24.2 Å². The fourth-order valence-corrected chi connectivity index (χ4v) is 1.68. The maximum atomic E-state index is 11.8. The van der Waals surface area contributed by atoms with Gasteiger partial charge in [-0.25, -0.2) is 0 Å². The van der Waals surface area contributed by atoms with Crippen molar-refractivity contribution in [3.8, 4) is 5.75 Å². The van der Waals surface area contributed by atoms with Gasteiger partial charge < -0.3 is 21.1 Å². The molecular weight excluding hydrogens is 318 g/mol. The smallest absolute Gasteiger partial charge is 0.239 e. The lowest BCUT2D eigenvalue weighted by Crippen LogP contribution is -2.50. The molecule has 0 heterocycles. The highest BCUT2D eigenvalue weighted by atomic mass is 35.5. The molecule has 0 aliphatic heterocycles. The van der Waals surface area contributed by atoms with Gasteiger partial charge in [0.15, 0.2) is 0 Å². The summed E-state index contributed by atoms with van der Waals surface area (Å²) >= 11 is 0. The Morgan fingerprint density at radius 3 is 2.22 bits per heavy atom.